The molecule has 8 heteroatoms. The summed E-state index contributed by atoms with van der Waals surface area (Å²) in [4.78, 5) is 37.5. The SMILES string of the molecule is Cc1ccc(C(=O)c2ccc(=O)n(-c3ccc(OCCCN[C@@H](Cc4ccccc4)C(=O)O)cc3)c2N)cc1C. The molecule has 8 nitrogen and oxygen atoms in total. The molecule has 4 N–H and O–H groups in total. The van der Waals surface area contributed by atoms with Gasteiger partial charge in [0.25, 0.3) is 5.56 Å². The fraction of sp³-hybridized carbons (Fsp3) is 0.219. The third kappa shape index (κ3) is 6.84. The van der Waals surface area contributed by atoms with Gasteiger partial charge in [0.15, 0.2) is 5.78 Å². The lowest BCUT2D eigenvalue weighted by Crippen LogP contribution is -2.39. The maximum Gasteiger partial charge on any atom is 0.321 e. The third-order valence-electron chi connectivity index (χ3n) is 6.80. The maximum absolute atomic E-state index is 13.2. The highest BCUT2D eigenvalue weighted by Crippen LogP contribution is 2.22. The number of hydrogen-bond donors (Lipinski definition) is 3. The van der Waals surface area contributed by atoms with Crippen LogP contribution in [0, 0.1) is 13.8 Å². The largest absolute Gasteiger partial charge is 0.494 e. The van der Waals surface area contributed by atoms with Crippen molar-refractivity contribution in [3.05, 3.63) is 123 Å². The normalized spacial score (nSPS) is 11.7. The summed E-state index contributed by atoms with van der Waals surface area (Å²) >= 11 is 0. The van der Waals surface area contributed by atoms with Crippen LogP contribution < -0.4 is 21.3 Å². The van der Waals surface area contributed by atoms with Gasteiger partial charge in [-0.25, -0.2) is 0 Å². The highest BCUT2D eigenvalue weighted by atomic mass is 16.5. The van der Waals surface area contributed by atoms with E-state index in [9.17, 15) is 19.5 Å². The van der Waals surface area contributed by atoms with Crippen LogP contribution in [-0.4, -0.2) is 40.6 Å². The maximum atomic E-state index is 13.2. The molecular formula is C32H33N3O5. The van der Waals surface area contributed by atoms with Crippen molar-refractivity contribution < 1.29 is 19.4 Å². The lowest BCUT2D eigenvalue weighted by atomic mass is 9.99. The molecule has 0 aliphatic rings. The van der Waals surface area contributed by atoms with Crippen LogP contribution in [0.5, 0.6) is 5.75 Å². The highest BCUT2D eigenvalue weighted by Gasteiger charge is 2.18. The van der Waals surface area contributed by atoms with Crippen LogP contribution in [0.3, 0.4) is 0 Å². The number of carboxylic acid groups (broad SMARTS) is 1. The number of anilines is 1. The molecule has 1 atom stereocenters. The number of nitrogens with two attached hydrogens (primary N) is 1. The first-order valence-electron chi connectivity index (χ1n) is 13.1. The van der Waals surface area contributed by atoms with Gasteiger partial charge in [-0.2, -0.15) is 0 Å². The number of carbonyl (C=O) groups excluding carboxylic acids is 1. The van der Waals surface area contributed by atoms with Crippen molar-refractivity contribution in [2.45, 2.75) is 32.7 Å². The van der Waals surface area contributed by atoms with Gasteiger partial charge in [-0.15, -0.1) is 0 Å². The molecule has 1 heterocycles. The van der Waals surface area contributed by atoms with Crippen LogP contribution in [0.4, 0.5) is 5.82 Å². The van der Waals surface area contributed by atoms with Crippen molar-refractivity contribution in [1.82, 2.24) is 9.88 Å². The van der Waals surface area contributed by atoms with E-state index in [-0.39, 0.29) is 22.7 Å². The summed E-state index contributed by atoms with van der Waals surface area (Å²) in [5.41, 5.74) is 10.3. The molecule has 4 aromatic rings. The molecular weight excluding hydrogens is 506 g/mol. The summed E-state index contributed by atoms with van der Waals surface area (Å²) < 4.78 is 7.10. The van der Waals surface area contributed by atoms with Crippen molar-refractivity contribution in [1.29, 1.82) is 0 Å². The second-order valence-corrected chi connectivity index (χ2v) is 9.66. The smallest absolute Gasteiger partial charge is 0.321 e. The number of carboxylic acids is 1. The first kappa shape index (κ1) is 28.3. The second-order valence-electron chi connectivity index (χ2n) is 9.66. The molecule has 206 valence electrons. The molecule has 0 saturated heterocycles. The first-order chi connectivity index (χ1) is 19.2. The van der Waals surface area contributed by atoms with E-state index in [0.717, 1.165) is 16.7 Å². The molecule has 4 rings (SSSR count). The average Bonchev–Trinajstić information content (AvgIpc) is 2.94. The highest BCUT2D eigenvalue weighted by molar-refractivity contribution is 6.11. The van der Waals surface area contributed by atoms with Crippen LogP contribution >= 0.6 is 0 Å². The van der Waals surface area contributed by atoms with Gasteiger partial charge in [0.1, 0.15) is 17.6 Å². The Bertz CT molecular complexity index is 1550. The van der Waals surface area contributed by atoms with Gasteiger partial charge in [-0.1, -0.05) is 42.5 Å². The Morgan fingerprint density at radius 2 is 1.68 bits per heavy atom. The summed E-state index contributed by atoms with van der Waals surface area (Å²) in [5, 5.41) is 12.6. The minimum atomic E-state index is -0.894. The van der Waals surface area contributed by atoms with E-state index in [0.29, 0.717) is 43.0 Å². The number of ether oxygens (including phenoxy) is 1. The lowest BCUT2D eigenvalue weighted by Gasteiger charge is -2.15. The topological polar surface area (TPSA) is 124 Å². The first-order valence-corrected chi connectivity index (χ1v) is 13.1. The van der Waals surface area contributed by atoms with Crippen molar-refractivity contribution in [3.8, 4) is 11.4 Å². The Morgan fingerprint density at radius 3 is 2.35 bits per heavy atom. The van der Waals surface area contributed by atoms with E-state index in [1.54, 1.807) is 30.3 Å². The number of aliphatic carboxylic acids is 1. The molecule has 3 aromatic carbocycles. The molecule has 40 heavy (non-hydrogen) atoms. The summed E-state index contributed by atoms with van der Waals surface area (Å²) in [6.07, 6.45) is 1.01. The van der Waals surface area contributed by atoms with E-state index in [4.69, 9.17) is 10.5 Å². The van der Waals surface area contributed by atoms with Crippen LogP contribution in [0.1, 0.15) is 39.0 Å². The lowest BCUT2D eigenvalue weighted by molar-refractivity contribution is -0.139. The van der Waals surface area contributed by atoms with Crippen LogP contribution in [0.25, 0.3) is 5.69 Å². The number of hydrogen-bond acceptors (Lipinski definition) is 6. The Hall–Kier alpha value is -4.69. The summed E-state index contributed by atoms with van der Waals surface area (Å²) in [6, 6.07) is 23.9. The molecule has 0 radical (unpaired) electrons. The van der Waals surface area contributed by atoms with Gasteiger partial charge in [-0.3, -0.25) is 19.0 Å². The number of aryl methyl sites for hydroxylation is 2. The zero-order chi connectivity index (χ0) is 28.6. The van der Waals surface area contributed by atoms with Crippen LogP contribution in [0.15, 0.2) is 89.7 Å². The standard InChI is InChI=1S/C32H33N3O5/c1-21-9-10-24(19-22(21)2)30(37)27-15-16-29(36)35(31(27)33)25-11-13-26(14-12-25)40-18-6-17-34-28(32(38)39)20-23-7-4-3-5-8-23/h3-5,7-16,19,28,34H,6,17-18,20,33H2,1-2H3,(H,38,39)/t28-/m0/s1. The van der Waals surface area contributed by atoms with Crippen molar-refractivity contribution >= 4 is 17.6 Å². The zero-order valence-electron chi connectivity index (χ0n) is 22.6. The molecule has 0 fully saturated rings. The Kier molecular flexibility index (Phi) is 9.14. The monoisotopic (exact) mass is 539 g/mol. The number of benzene rings is 3. The summed E-state index contributed by atoms with van der Waals surface area (Å²) in [5.74, 6) is -0.484. The summed E-state index contributed by atoms with van der Waals surface area (Å²) in [6.45, 7) is 4.78. The molecule has 0 bridgehead atoms. The average molecular weight is 540 g/mol. The zero-order valence-corrected chi connectivity index (χ0v) is 22.6. The fourth-order valence-electron chi connectivity index (χ4n) is 4.38. The predicted molar refractivity (Wildman–Crippen MR) is 155 cm³/mol. The number of nitrogens with one attached hydrogen (secondary N) is 1. The predicted octanol–water partition coefficient (Wildman–Crippen LogP) is 4.32. The fourth-order valence-corrected chi connectivity index (χ4v) is 4.38. The Balaban J connectivity index is 1.36. The van der Waals surface area contributed by atoms with E-state index < -0.39 is 12.0 Å². The quantitative estimate of drug-likeness (QED) is 0.181. The van der Waals surface area contributed by atoms with E-state index in [1.807, 2.05) is 56.3 Å². The number of nitrogen functional groups attached to an aromatic ring is 1. The Morgan fingerprint density at radius 1 is 0.950 bits per heavy atom. The molecule has 0 aliphatic carbocycles. The number of carbonyl (C=O) groups is 2. The Labute approximate surface area is 233 Å². The van der Waals surface area contributed by atoms with Crippen molar-refractivity contribution in [2.24, 2.45) is 0 Å². The molecule has 0 aliphatic heterocycles. The van der Waals surface area contributed by atoms with Crippen molar-refractivity contribution in [3.63, 3.8) is 0 Å². The van der Waals surface area contributed by atoms with E-state index in [2.05, 4.69) is 5.32 Å². The number of aromatic nitrogens is 1. The molecule has 0 spiro atoms. The van der Waals surface area contributed by atoms with Crippen LogP contribution in [0.2, 0.25) is 0 Å². The van der Waals surface area contributed by atoms with Gasteiger partial charge in [-0.05, 0) is 86.3 Å². The molecule has 0 unspecified atom stereocenters. The van der Waals surface area contributed by atoms with Gasteiger partial charge >= 0.3 is 5.97 Å². The van der Waals surface area contributed by atoms with Gasteiger partial charge in [0.2, 0.25) is 0 Å². The minimum absolute atomic E-state index is 0.0685. The van der Waals surface area contributed by atoms with Gasteiger partial charge < -0.3 is 20.9 Å². The summed E-state index contributed by atoms with van der Waals surface area (Å²) in [7, 11) is 0. The van der Waals surface area contributed by atoms with Gasteiger partial charge in [0.05, 0.1) is 17.9 Å². The number of rotatable bonds is 12. The minimum Gasteiger partial charge on any atom is -0.494 e. The van der Waals surface area contributed by atoms with Crippen LogP contribution in [-0.2, 0) is 11.2 Å². The van der Waals surface area contributed by atoms with Crippen molar-refractivity contribution in [2.75, 3.05) is 18.9 Å². The number of pyridine rings is 1. The second kappa shape index (κ2) is 12.9. The van der Waals surface area contributed by atoms with E-state index >= 15 is 0 Å². The number of ketones is 1. The molecule has 0 amide bonds. The molecule has 0 saturated carbocycles. The molecule has 1 aromatic heterocycles. The van der Waals surface area contributed by atoms with Gasteiger partial charge in [0, 0.05) is 11.6 Å². The number of nitrogens with zero attached hydrogens (tertiary/aromatic N) is 1. The third-order valence-corrected chi connectivity index (χ3v) is 6.80. The van der Waals surface area contributed by atoms with E-state index in [1.165, 1.54) is 16.7 Å².